The zero-order valence-electron chi connectivity index (χ0n) is 24.9. The SMILES string of the molecule is COC(=O)CCC1c2cccc(F)c2N=C(N2CCN(c3ccc(F)cc3)CC2)N1c1cc(C(C)(C)C)ccc1OC. The molecule has 0 N–H and O–H groups in total. The fourth-order valence-corrected chi connectivity index (χ4v) is 5.65. The van der Waals surface area contributed by atoms with E-state index in [2.05, 4.69) is 47.6 Å². The molecule has 2 aliphatic heterocycles. The van der Waals surface area contributed by atoms with E-state index in [4.69, 9.17) is 14.5 Å². The highest BCUT2D eigenvalue weighted by atomic mass is 19.1. The van der Waals surface area contributed by atoms with Crippen LogP contribution in [0, 0.1) is 11.6 Å². The second-order valence-corrected chi connectivity index (χ2v) is 11.7. The lowest BCUT2D eigenvalue weighted by Crippen LogP contribution is -2.55. The molecule has 1 saturated heterocycles. The quantitative estimate of drug-likeness (QED) is 0.309. The predicted molar refractivity (Wildman–Crippen MR) is 162 cm³/mol. The molecule has 0 radical (unpaired) electrons. The molecular formula is C33H38F2N4O3. The monoisotopic (exact) mass is 576 g/mol. The van der Waals surface area contributed by atoms with Crippen molar-refractivity contribution in [2.24, 2.45) is 4.99 Å². The van der Waals surface area contributed by atoms with Gasteiger partial charge in [-0.05, 0) is 59.9 Å². The van der Waals surface area contributed by atoms with E-state index < -0.39 is 11.9 Å². The smallest absolute Gasteiger partial charge is 0.305 e. The van der Waals surface area contributed by atoms with Crippen molar-refractivity contribution >= 4 is 29.0 Å². The Morgan fingerprint density at radius 2 is 1.64 bits per heavy atom. The number of para-hydroxylation sites is 1. The van der Waals surface area contributed by atoms with E-state index in [0.29, 0.717) is 49.9 Å². The molecule has 2 aliphatic rings. The molecule has 0 aliphatic carbocycles. The number of piperazine rings is 1. The summed E-state index contributed by atoms with van der Waals surface area (Å²) < 4.78 is 39.8. The average Bonchev–Trinajstić information content (AvgIpc) is 2.99. The molecule has 2 heterocycles. The van der Waals surface area contributed by atoms with E-state index in [-0.39, 0.29) is 29.3 Å². The van der Waals surface area contributed by atoms with Crippen molar-refractivity contribution in [1.82, 2.24) is 4.90 Å². The van der Waals surface area contributed by atoms with Gasteiger partial charge in [-0.15, -0.1) is 0 Å². The minimum Gasteiger partial charge on any atom is -0.495 e. The number of halogens is 2. The summed E-state index contributed by atoms with van der Waals surface area (Å²) in [7, 11) is 3.01. The predicted octanol–water partition coefficient (Wildman–Crippen LogP) is 6.60. The molecule has 0 bridgehead atoms. The number of methoxy groups -OCH3 is 2. The molecule has 1 fully saturated rings. The highest BCUT2D eigenvalue weighted by Crippen LogP contribution is 2.46. The van der Waals surface area contributed by atoms with Crippen LogP contribution in [0.25, 0.3) is 0 Å². The van der Waals surface area contributed by atoms with Crippen molar-refractivity contribution < 1.29 is 23.0 Å². The minimum atomic E-state index is -0.409. The number of aliphatic imine (C=N–C) groups is 1. The number of rotatable bonds is 6. The van der Waals surface area contributed by atoms with Crippen molar-refractivity contribution in [1.29, 1.82) is 0 Å². The van der Waals surface area contributed by atoms with Gasteiger partial charge in [0, 0.05) is 43.9 Å². The number of hydrogen-bond donors (Lipinski definition) is 0. The van der Waals surface area contributed by atoms with Crippen LogP contribution >= 0.6 is 0 Å². The van der Waals surface area contributed by atoms with Crippen LogP contribution in [0.15, 0.2) is 65.7 Å². The van der Waals surface area contributed by atoms with Crippen LogP contribution in [0.3, 0.4) is 0 Å². The van der Waals surface area contributed by atoms with Gasteiger partial charge in [-0.3, -0.25) is 4.79 Å². The third-order valence-corrected chi connectivity index (χ3v) is 8.02. The van der Waals surface area contributed by atoms with Gasteiger partial charge in [0.05, 0.1) is 25.9 Å². The van der Waals surface area contributed by atoms with Crippen LogP contribution in [-0.2, 0) is 14.9 Å². The van der Waals surface area contributed by atoms with Crippen molar-refractivity contribution in [2.75, 3.05) is 50.2 Å². The highest BCUT2D eigenvalue weighted by Gasteiger charge is 2.38. The summed E-state index contributed by atoms with van der Waals surface area (Å²) in [5.74, 6) is 0.247. The Bertz CT molecular complexity index is 1460. The fourth-order valence-electron chi connectivity index (χ4n) is 5.65. The van der Waals surface area contributed by atoms with E-state index >= 15 is 4.39 Å². The second-order valence-electron chi connectivity index (χ2n) is 11.7. The van der Waals surface area contributed by atoms with Gasteiger partial charge in [-0.2, -0.15) is 0 Å². The lowest BCUT2D eigenvalue weighted by atomic mass is 9.86. The number of carbonyl (C=O) groups excluding carboxylic acids is 1. The Hall–Kier alpha value is -4.14. The van der Waals surface area contributed by atoms with E-state index in [9.17, 15) is 9.18 Å². The molecule has 1 unspecified atom stereocenters. The van der Waals surface area contributed by atoms with Gasteiger partial charge in [-0.1, -0.05) is 39.0 Å². The average molecular weight is 577 g/mol. The Morgan fingerprint density at radius 3 is 2.29 bits per heavy atom. The van der Waals surface area contributed by atoms with Gasteiger partial charge in [-0.25, -0.2) is 13.8 Å². The van der Waals surface area contributed by atoms with Crippen LogP contribution in [0.5, 0.6) is 5.75 Å². The number of hydrogen-bond acceptors (Lipinski definition) is 7. The Balaban J connectivity index is 1.61. The van der Waals surface area contributed by atoms with Gasteiger partial charge in [0.1, 0.15) is 23.1 Å². The van der Waals surface area contributed by atoms with Crippen LogP contribution in [-0.4, -0.2) is 57.2 Å². The van der Waals surface area contributed by atoms with Crippen LogP contribution in [0.2, 0.25) is 0 Å². The first-order valence-corrected chi connectivity index (χ1v) is 14.3. The number of esters is 1. The first-order chi connectivity index (χ1) is 20.1. The topological polar surface area (TPSA) is 57.6 Å². The molecule has 9 heteroatoms. The van der Waals surface area contributed by atoms with E-state index in [1.54, 1.807) is 25.3 Å². The van der Waals surface area contributed by atoms with E-state index in [1.807, 2.05) is 12.1 Å². The molecule has 1 atom stereocenters. The molecule has 7 nitrogen and oxygen atoms in total. The van der Waals surface area contributed by atoms with Crippen LogP contribution in [0.4, 0.5) is 25.8 Å². The van der Waals surface area contributed by atoms with Crippen molar-refractivity contribution in [3.05, 3.63) is 83.4 Å². The number of guanidine groups is 1. The van der Waals surface area contributed by atoms with Gasteiger partial charge >= 0.3 is 5.97 Å². The maximum atomic E-state index is 15.4. The fraction of sp³-hybridized carbons (Fsp3) is 0.394. The lowest BCUT2D eigenvalue weighted by molar-refractivity contribution is -0.140. The van der Waals surface area contributed by atoms with Crippen molar-refractivity contribution in [3.63, 3.8) is 0 Å². The molecule has 0 spiro atoms. The molecule has 3 aromatic rings. The van der Waals surface area contributed by atoms with Gasteiger partial charge in [0.25, 0.3) is 0 Å². The molecule has 42 heavy (non-hydrogen) atoms. The first-order valence-electron chi connectivity index (χ1n) is 14.3. The van der Waals surface area contributed by atoms with Crippen LogP contribution in [0.1, 0.15) is 50.8 Å². The minimum absolute atomic E-state index is 0.138. The molecule has 222 valence electrons. The Morgan fingerprint density at radius 1 is 0.952 bits per heavy atom. The summed E-state index contributed by atoms with van der Waals surface area (Å²) in [5, 5.41) is 0. The third kappa shape index (κ3) is 5.91. The number of anilines is 2. The van der Waals surface area contributed by atoms with Crippen molar-refractivity contribution in [2.45, 2.75) is 45.1 Å². The summed E-state index contributed by atoms with van der Waals surface area (Å²) in [4.78, 5) is 23.8. The summed E-state index contributed by atoms with van der Waals surface area (Å²) in [6.45, 7) is 9.03. The van der Waals surface area contributed by atoms with Crippen LogP contribution < -0.4 is 14.5 Å². The number of benzene rings is 3. The Labute approximate surface area is 246 Å². The molecule has 0 saturated carbocycles. The van der Waals surface area contributed by atoms with Crippen molar-refractivity contribution in [3.8, 4) is 5.75 Å². The summed E-state index contributed by atoms with van der Waals surface area (Å²) >= 11 is 0. The van der Waals surface area contributed by atoms with Gasteiger partial charge < -0.3 is 24.2 Å². The maximum Gasteiger partial charge on any atom is 0.305 e. The molecule has 0 amide bonds. The summed E-state index contributed by atoms with van der Waals surface area (Å²) in [6.07, 6.45) is 0.543. The Kier molecular flexibility index (Phi) is 8.38. The molecule has 0 aromatic heterocycles. The third-order valence-electron chi connectivity index (χ3n) is 8.02. The highest BCUT2D eigenvalue weighted by molar-refractivity contribution is 6.02. The zero-order valence-corrected chi connectivity index (χ0v) is 24.9. The standard InChI is InChI=1S/C33H38F2N4O3/c1-33(2,3)22-9-15-29(41-4)28(21-22)39-27(14-16-30(40)42-5)25-7-6-8-26(35)31(25)36-32(39)38-19-17-37(18-20-38)24-12-10-23(34)11-13-24/h6-13,15,21,27H,14,16-20H2,1-5H3. The van der Waals surface area contributed by atoms with E-state index in [0.717, 1.165) is 16.9 Å². The lowest BCUT2D eigenvalue weighted by Gasteiger charge is -2.45. The maximum absolute atomic E-state index is 15.4. The summed E-state index contributed by atoms with van der Waals surface area (Å²) in [6, 6.07) is 17.2. The molecule has 5 rings (SSSR count). The second kappa shape index (κ2) is 12.0. The van der Waals surface area contributed by atoms with Gasteiger partial charge in [0.2, 0.25) is 5.96 Å². The number of fused-ring (bicyclic) bond motifs is 1. The zero-order chi connectivity index (χ0) is 30.0. The van der Waals surface area contributed by atoms with Gasteiger partial charge in [0.15, 0.2) is 0 Å². The number of ether oxygens (including phenoxy) is 2. The molecular weight excluding hydrogens is 538 g/mol. The molecule has 3 aromatic carbocycles. The normalized spacial score (nSPS) is 17.1. The largest absolute Gasteiger partial charge is 0.495 e. The summed E-state index contributed by atoms with van der Waals surface area (Å²) in [5.41, 5.74) is 3.71. The first kappa shape index (κ1) is 29.4. The van der Waals surface area contributed by atoms with E-state index in [1.165, 1.54) is 25.3 Å². The number of nitrogens with zero attached hydrogens (tertiary/aromatic N) is 4. The number of carbonyl (C=O) groups is 1.